The monoisotopic (exact) mass is 277 g/mol. The predicted octanol–water partition coefficient (Wildman–Crippen LogP) is 1.44. The van der Waals surface area contributed by atoms with Gasteiger partial charge in [-0.3, -0.25) is 0 Å². The van der Waals surface area contributed by atoms with E-state index < -0.39 is 12.7 Å². The molecular weight excluding hydrogens is 274 g/mol. The van der Waals surface area contributed by atoms with Gasteiger partial charge in [0.1, 0.15) is 12.9 Å². The highest BCUT2D eigenvalue weighted by Crippen LogP contribution is 2.16. The Bertz CT molecular complexity index is 243. The van der Waals surface area contributed by atoms with Crippen molar-refractivity contribution >= 4 is 22.6 Å². The van der Waals surface area contributed by atoms with E-state index in [9.17, 15) is 13.2 Å². The van der Waals surface area contributed by atoms with Crippen molar-refractivity contribution in [1.82, 2.24) is 14.8 Å². The number of aromatic nitrogens is 3. The SMILES string of the molecule is FC(F)(F)Cn1cnc(I)n1. The highest BCUT2D eigenvalue weighted by molar-refractivity contribution is 14.1. The van der Waals surface area contributed by atoms with Crippen molar-refractivity contribution in [2.45, 2.75) is 12.7 Å². The van der Waals surface area contributed by atoms with E-state index in [1.54, 1.807) is 22.6 Å². The molecule has 0 aliphatic carbocycles. The molecule has 62 valence electrons. The Kier molecular flexibility index (Phi) is 2.35. The van der Waals surface area contributed by atoms with Gasteiger partial charge < -0.3 is 0 Å². The summed E-state index contributed by atoms with van der Waals surface area (Å²) in [6, 6.07) is 0. The van der Waals surface area contributed by atoms with Crippen molar-refractivity contribution in [3.63, 3.8) is 0 Å². The summed E-state index contributed by atoms with van der Waals surface area (Å²) in [5, 5.41) is 3.47. The molecule has 0 saturated carbocycles. The van der Waals surface area contributed by atoms with Crippen molar-refractivity contribution in [2.75, 3.05) is 0 Å². The van der Waals surface area contributed by atoms with E-state index in [1.807, 2.05) is 0 Å². The Labute approximate surface area is 73.7 Å². The molecule has 0 aliphatic rings. The normalized spacial score (nSPS) is 12.0. The van der Waals surface area contributed by atoms with Gasteiger partial charge in [0.2, 0.25) is 3.83 Å². The summed E-state index contributed by atoms with van der Waals surface area (Å²) in [7, 11) is 0. The molecule has 0 radical (unpaired) electrons. The highest BCUT2D eigenvalue weighted by atomic mass is 127. The van der Waals surface area contributed by atoms with E-state index in [-0.39, 0.29) is 0 Å². The molecule has 0 saturated heterocycles. The van der Waals surface area contributed by atoms with Crippen molar-refractivity contribution < 1.29 is 13.2 Å². The van der Waals surface area contributed by atoms with Crippen molar-refractivity contribution in [3.8, 4) is 0 Å². The van der Waals surface area contributed by atoms with Crippen molar-refractivity contribution in [3.05, 3.63) is 10.2 Å². The maximum atomic E-state index is 11.7. The molecule has 0 spiro atoms. The fraction of sp³-hybridized carbons (Fsp3) is 0.500. The first kappa shape index (κ1) is 8.75. The molecule has 7 heteroatoms. The van der Waals surface area contributed by atoms with Crippen LogP contribution in [-0.4, -0.2) is 20.9 Å². The maximum Gasteiger partial charge on any atom is 0.408 e. The van der Waals surface area contributed by atoms with Gasteiger partial charge in [-0.2, -0.15) is 13.2 Å². The van der Waals surface area contributed by atoms with Crippen LogP contribution < -0.4 is 0 Å². The summed E-state index contributed by atoms with van der Waals surface area (Å²) < 4.78 is 36.0. The Morgan fingerprint density at radius 2 is 2.18 bits per heavy atom. The summed E-state index contributed by atoms with van der Waals surface area (Å²) in [6.45, 7) is -1.08. The summed E-state index contributed by atoms with van der Waals surface area (Å²) in [4.78, 5) is 3.54. The van der Waals surface area contributed by atoms with Gasteiger partial charge in [0.05, 0.1) is 0 Å². The molecule has 1 rings (SSSR count). The first-order chi connectivity index (χ1) is 4.97. The Balaban J connectivity index is 2.65. The number of halogens is 4. The van der Waals surface area contributed by atoms with Crippen LogP contribution in [0.3, 0.4) is 0 Å². The zero-order valence-electron chi connectivity index (χ0n) is 5.14. The van der Waals surface area contributed by atoms with Crippen LogP contribution in [-0.2, 0) is 6.54 Å². The lowest BCUT2D eigenvalue weighted by atomic mass is 10.6. The molecule has 1 aromatic heterocycles. The zero-order valence-corrected chi connectivity index (χ0v) is 7.30. The number of nitrogens with zero attached hydrogens (tertiary/aromatic N) is 3. The second-order valence-corrected chi connectivity index (χ2v) is 2.79. The first-order valence-corrected chi connectivity index (χ1v) is 3.67. The van der Waals surface area contributed by atoms with Gasteiger partial charge in [0.15, 0.2) is 0 Å². The maximum absolute atomic E-state index is 11.7. The third-order valence-corrected chi connectivity index (χ3v) is 1.34. The minimum absolute atomic E-state index is 0.312. The van der Waals surface area contributed by atoms with Gasteiger partial charge in [-0.15, -0.1) is 5.10 Å². The van der Waals surface area contributed by atoms with Gasteiger partial charge in [-0.25, -0.2) is 9.67 Å². The molecular formula is C4H3F3IN3. The zero-order chi connectivity index (χ0) is 8.48. The van der Waals surface area contributed by atoms with Crippen LogP contribution in [0.2, 0.25) is 0 Å². The van der Waals surface area contributed by atoms with Crippen LogP contribution >= 0.6 is 22.6 Å². The lowest BCUT2D eigenvalue weighted by molar-refractivity contribution is -0.142. The third-order valence-electron chi connectivity index (χ3n) is 0.850. The molecule has 11 heavy (non-hydrogen) atoms. The summed E-state index contributed by atoms with van der Waals surface area (Å²) in [5.74, 6) is 0. The lowest BCUT2D eigenvalue weighted by Gasteiger charge is -2.03. The Morgan fingerprint density at radius 1 is 1.55 bits per heavy atom. The number of rotatable bonds is 1. The second kappa shape index (κ2) is 2.95. The topological polar surface area (TPSA) is 30.7 Å². The average Bonchev–Trinajstić information content (AvgIpc) is 2.10. The second-order valence-electron chi connectivity index (χ2n) is 1.83. The number of hydrogen-bond donors (Lipinski definition) is 0. The average molecular weight is 277 g/mol. The van der Waals surface area contributed by atoms with E-state index >= 15 is 0 Å². The van der Waals surface area contributed by atoms with Crippen LogP contribution in [0.15, 0.2) is 6.33 Å². The molecule has 0 aromatic carbocycles. The molecule has 1 aromatic rings. The Hall–Kier alpha value is -0.340. The van der Waals surface area contributed by atoms with Crippen molar-refractivity contribution in [2.24, 2.45) is 0 Å². The molecule has 0 unspecified atom stereocenters. The van der Waals surface area contributed by atoms with E-state index in [4.69, 9.17) is 0 Å². The summed E-state index contributed by atoms with van der Waals surface area (Å²) in [5.41, 5.74) is 0. The minimum atomic E-state index is -4.23. The lowest BCUT2D eigenvalue weighted by Crippen LogP contribution is -2.17. The standard InChI is InChI=1S/C4H3F3IN3/c5-4(6,7)1-11-2-9-3(8)10-11/h2H,1H2. The molecule has 0 amide bonds. The summed E-state index contributed by atoms with van der Waals surface area (Å²) >= 11 is 1.74. The van der Waals surface area contributed by atoms with Gasteiger partial charge in [0, 0.05) is 22.6 Å². The van der Waals surface area contributed by atoms with E-state index in [0.717, 1.165) is 11.0 Å². The van der Waals surface area contributed by atoms with Gasteiger partial charge in [-0.1, -0.05) is 0 Å². The quantitative estimate of drug-likeness (QED) is 0.727. The Morgan fingerprint density at radius 3 is 2.55 bits per heavy atom. The highest BCUT2D eigenvalue weighted by Gasteiger charge is 2.28. The van der Waals surface area contributed by atoms with E-state index in [1.165, 1.54) is 0 Å². The first-order valence-electron chi connectivity index (χ1n) is 2.59. The largest absolute Gasteiger partial charge is 0.408 e. The third kappa shape index (κ3) is 3.04. The molecule has 0 bridgehead atoms. The van der Waals surface area contributed by atoms with Crippen LogP contribution in [0.25, 0.3) is 0 Å². The smallest absolute Gasteiger partial charge is 0.243 e. The number of alkyl halides is 3. The van der Waals surface area contributed by atoms with Gasteiger partial charge >= 0.3 is 6.18 Å². The van der Waals surface area contributed by atoms with Crippen LogP contribution in [0.1, 0.15) is 0 Å². The van der Waals surface area contributed by atoms with Crippen molar-refractivity contribution in [1.29, 1.82) is 0 Å². The number of hydrogen-bond acceptors (Lipinski definition) is 2. The fourth-order valence-electron chi connectivity index (χ4n) is 0.532. The molecule has 0 aliphatic heterocycles. The molecule has 0 fully saturated rings. The van der Waals surface area contributed by atoms with Crippen LogP contribution in [0, 0.1) is 3.83 Å². The molecule has 1 heterocycles. The van der Waals surface area contributed by atoms with E-state index in [2.05, 4.69) is 10.1 Å². The molecule has 3 nitrogen and oxygen atoms in total. The molecule has 0 N–H and O–H groups in total. The van der Waals surface area contributed by atoms with Gasteiger partial charge in [-0.05, 0) is 0 Å². The van der Waals surface area contributed by atoms with Gasteiger partial charge in [0.25, 0.3) is 0 Å². The summed E-state index contributed by atoms with van der Waals surface area (Å²) in [6.07, 6.45) is -3.17. The fourth-order valence-corrected chi connectivity index (χ4v) is 0.933. The van der Waals surface area contributed by atoms with Crippen LogP contribution in [0.5, 0.6) is 0 Å². The van der Waals surface area contributed by atoms with E-state index in [0.29, 0.717) is 3.83 Å². The minimum Gasteiger partial charge on any atom is -0.243 e. The van der Waals surface area contributed by atoms with Crippen LogP contribution in [0.4, 0.5) is 13.2 Å². The molecule has 0 atom stereocenters. The predicted molar refractivity (Wildman–Crippen MR) is 38.8 cm³/mol.